The third-order valence-corrected chi connectivity index (χ3v) is 5.74. The predicted octanol–water partition coefficient (Wildman–Crippen LogP) is 5.22. The van der Waals surface area contributed by atoms with Gasteiger partial charge in [-0.3, -0.25) is 9.59 Å². The molecule has 1 N–H and O–H groups in total. The Balaban J connectivity index is 1.77. The molecule has 1 aromatic heterocycles. The maximum absolute atomic E-state index is 13.9. The second-order valence-corrected chi connectivity index (χ2v) is 8.28. The first-order valence-corrected chi connectivity index (χ1v) is 11.0. The van der Waals surface area contributed by atoms with E-state index in [4.69, 9.17) is 9.47 Å². The van der Waals surface area contributed by atoms with Gasteiger partial charge in [0.2, 0.25) is 0 Å². The fraction of sp³-hybridized carbons (Fsp3) is 0.296. The monoisotopic (exact) mass is 465 g/mol. The Hall–Kier alpha value is -3.74. The fourth-order valence-corrected chi connectivity index (χ4v) is 3.89. The number of methoxy groups -OCH3 is 1. The van der Waals surface area contributed by atoms with Crippen LogP contribution in [0.2, 0.25) is 0 Å². The van der Waals surface area contributed by atoms with Gasteiger partial charge < -0.3 is 14.6 Å². The highest BCUT2D eigenvalue weighted by molar-refractivity contribution is 5.99. The molecular weight excluding hydrogens is 437 g/mol. The summed E-state index contributed by atoms with van der Waals surface area (Å²) in [5, 5.41) is 10.2. The minimum atomic E-state index is -0.770. The highest BCUT2D eigenvalue weighted by Crippen LogP contribution is 2.32. The SMILES string of the molecule is COc1ccnc(C(=O)C[C@@H](C)C(=O)O[C@@H](C)[C@@H](c2ccccc2)c2ccc(F)c(C)c2)c1O. The summed E-state index contributed by atoms with van der Waals surface area (Å²) < 4.78 is 24.7. The van der Waals surface area contributed by atoms with Crippen molar-refractivity contribution in [3.05, 3.63) is 89.0 Å². The smallest absolute Gasteiger partial charge is 0.309 e. The summed E-state index contributed by atoms with van der Waals surface area (Å²) in [7, 11) is 1.37. The topological polar surface area (TPSA) is 85.7 Å². The molecule has 0 bridgehead atoms. The number of carbonyl (C=O) groups is 2. The van der Waals surface area contributed by atoms with Crippen LogP contribution >= 0.6 is 0 Å². The molecule has 1 heterocycles. The third-order valence-electron chi connectivity index (χ3n) is 5.74. The van der Waals surface area contributed by atoms with Gasteiger partial charge in [-0.15, -0.1) is 0 Å². The number of ether oxygens (including phenoxy) is 2. The Morgan fingerprint density at radius 2 is 1.76 bits per heavy atom. The van der Waals surface area contributed by atoms with Gasteiger partial charge in [0.15, 0.2) is 23.0 Å². The molecule has 0 aliphatic heterocycles. The average molecular weight is 466 g/mol. The maximum Gasteiger partial charge on any atom is 0.309 e. The zero-order valence-corrected chi connectivity index (χ0v) is 19.6. The number of aryl methyl sites for hydroxylation is 1. The number of ketones is 1. The van der Waals surface area contributed by atoms with Crippen LogP contribution < -0.4 is 4.74 Å². The Kier molecular flexibility index (Phi) is 7.99. The number of rotatable bonds is 9. The zero-order chi connectivity index (χ0) is 24.8. The number of hydrogen-bond donors (Lipinski definition) is 1. The number of nitrogens with zero attached hydrogens (tertiary/aromatic N) is 1. The number of benzene rings is 2. The van der Waals surface area contributed by atoms with Crippen molar-refractivity contribution in [2.24, 2.45) is 5.92 Å². The number of aromatic hydroxyl groups is 1. The van der Waals surface area contributed by atoms with Crippen molar-refractivity contribution in [3.8, 4) is 11.5 Å². The van der Waals surface area contributed by atoms with Crippen LogP contribution in [-0.2, 0) is 9.53 Å². The number of pyridine rings is 1. The largest absolute Gasteiger partial charge is 0.503 e. The Labute approximate surface area is 198 Å². The first kappa shape index (κ1) is 24.9. The quantitative estimate of drug-likeness (QED) is 0.345. The molecule has 0 radical (unpaired) electrons. The van der Waals surface area contributed by atoms with E-state index in [9.17, 15) is 19.1 Å². The summed E-state index contributed by atoms with van der Waals surface area (Å²) in [5.74, 6) is -2.68. The molecule has 0 saturated carbocycles. The van der Waals surface area contributed by atoms with Crippen LogP contribution in [0.1, 0.15) is 53.4 Å². The first-order chi connectivity index (χ1) is 16.2. The van der Waals surface area contributed by atoms with Crippen LogP contribution in [0.4, 0.5) is 4.39 Å². The molecule has 0 aliphatic carbocycles. The van der Waals surface area contributed by atoms with Crippen LogP contribution in [0.15, 0.2) is 60.8 Å². The summed E-state index contributed by atoms with van der Waals surface area (Å²) in [5.41, 5.74) is 2.08. The highest BCUT2D eigenvalue weighted by Gasteiger charge is 2.29. The number of aromatic nitrogens is 1. The van der Waals surface area contributed by atoms with Crippen molar-refractivity contribution in [2.45, 2.75) is 39.2 Å². The minimum absolute atomic E-state index is 0.127. The van der Waals surface area contributed by atoms with E-state index in [1.807, 2.05) is 30.3 Å². The van der Waals surface area contributed by atoms with Crippen LogP contribution in [-0.4, -0.2) is 35.1 Å². The van der Waals surface area contributed by atoms with E-state index < -0.39 is 23.8 Å². The molecule has 34 heavy (non-hydrogen) atoms. The molecule has 2 aromatic carbocycles. The summed E-state index contributed by atoms with van der Waals surface area (Å²) >= 11 is 0. The van der Waals surface area contributed by atoms with Crippen LogP contribution in [0.5, 0.6) is 11.5 Å². The van der Waals surface area contributed by atoms with E-state index in [1.54, 1.807) is 32.9 Å². The van der Waals surface area contributed by atoms with Crippen molar-refractivity contribution in [1.29, 1.82) is 0 Å². The molecule has 6 nitrogen and oxygen atoms in total. The zero-order valence-electron chi connectivity index (χ0n) is 19.6. The molecule has 3 rings (SSSR count). The van der Waals surface area contributed by atoms with Gasteiger partial charge in [0.05, 0.1) is 13.0 Å². The van der Waals surface area contributed by atoms with Gasteiger partial charge in [0.1, 0.15) is 11.9 Å². The second kappa shape index (κ2) is 10.9. The summed E-state index contributed by atoms with van der Waals surface area (Å²) in [6, 6.07) is 15.8. The maximum atomic E-state index is 13.9. The lowest BCUT2D eigenvalue weighted by Crippen LogP contribution is -2.28. The molecule has 7 heteroatoms. The lowest BCUT2D eigenvalue weighted by atomic mass is 9.86. The molecule has 3 aromatic rings. The summed E-state index contributed by atoms with van der Waals surface area (Å²) in [6.45, 7) is 5.05. The molecule has 0 saturated heterocycles. The van der Waals surface area contributed by atoms with Crippen molar-refractivity contribution in [3.63, 3.8) is 0 Å². The lowest BCUT2D eigenvalue weighted by molar-refractivity contribution is -0.153. The highest BCUT2D eigenvalue weighted by atomic mass is 19.1. The van der Waals surface area contributed by atoms with Gasteiger partial charge in [-0.25, -0.2) is 9.37 Å². The van der Waals surface area contributed by atoms with Gasteiger partial charge in [-0.2, -0.15) is 0 Å². The summed E-state index contributed by atoms with van der Waals surface area (Å²) in [6.07, 6.45) is 0.581. The molecule has 0 fully saturated rings. The molecular formula is C27H28FNO5. The lowest BCUT2D eigenvalue weighted by Gasteiger charge is -2.26. The van der Waals surface area contributed by atoms with E-state index in [0.717, 1.165) is 11.1 Å². The first-order valence-electron chi connectivity index (χ1n) is 11.0. The van der Waals surface area contributed by atoms with E-state index in [0.29, 0.717) is 5.56 Å². The van der Waals surface area contributed by atoms with Gasteiger partial charge in [-0.1, -0.05) is 49.4 Å². The second-order valence-electron chi connectivity index (χ2n) is 8.28. The van der Waals surface area contributed by atoms with Gasteiger partial charge in [-0.05, 0) is 36.6 Å². The number of Topliss-reactive ketones (excluding diaryl/α,β-unsaturated/α-hetero) is 1. The predicted molar refractivity (Wildman–Crippen MR) is 126 cm³/mol. The van der Waals surface area contributed by atoms with Crippen molar-refractivity contribution < 1.29 is 28.6 Å². The third kappa shape index (κ3) is 5.60. The number of hydrogen-bond acceptors (Lipinski definition) is 6. The fourth-order valence-electron chi connectivity index (χ4n) is 3.89. The van der Waals surface area contributed by atoms with E-state index in [1.165, 1.54) is 25.4 Å². The van der Waals surface area contributed by atoms with Gasteiger partial charge in [0.25, 0.3) is 0 Å². The van der Waals surface area contributed by atoms with E-state index in [2.05, 4.69) is 4.98 Å². The van der Waals surface area contributed by atoms with Crippen molar-refractivity contribution >= 4 is 11.8 Å². The Morgan fingerprint density at radius 3 is 2.41 bits per heavy atom. The number of carbonyl (C=O) groups excluding carboxylic acids is 2. The number of esters is 1. The molecule has 3 atom stereocenters. The molecule has 0 unspecified atom stereocenters. The molecule has 0 aliphatic rings. The van der Waals surface area contributed by atoms with Gasteiger partial charge in [0, 0.05) is 24.6 Å². The van der Waals surface area contributed by atoms with Crippen LogP contribution in [0.3, 0.4) is 0 Å². The molecule has 178 valence electrons. The average Bonchev–Trinajstić information content (AvgIpc) is 2.82. The van der Waals surface area contributed by atoms with Crippen molar-refractivity contribution in [2.75, 3.05) is 7.11 Å². The van der Waals surface area contributed by atoms with Crippen LogP contribution in [0.25, 0.3) is 0 Å². The Bertz CT molecular complexity index is 1160. The van der Waals surface area contributed by atoms with Crippen LogP contribution in [0, 0.1) is 18.7 Å². The van der Waals surface area contributed by atoms with E-state index >= 15 is 0 Å². The van der Waals surface area contributed by atoms with E-state index in [-0.39, 0.29) is 35.3 Å². The van der Waals surface area contributed by atoms with Gasteiger partial charge >= 0.3 is 5.97 Å². The normalized spacial score (nSPS) is 13.6. The molecule has 0 spiro atoms. The Morgan fingerprint density at radius 1 is 1.06 bits per heavy atom. The van der Waals surface area contributed by atoms with Crippen molar-refractivity contribution in [1.82, 2.24) is 4.98 Å². The molecule has 0 amide bonds. The number of halogens is 1. The standard InChI is InChI=1S/C27H28FNO5/c1-16-14-20(10-11-21(16)28)24(19-8-6-5-7-9-19)18(3)34-27(32)17(2)15-22(30)25-26(31)23(33-4)12-13-29-25/h5-14,17-18,24,31H,15H2,1-4H3/t17-,18+,24+/m1/s1. The summed E-state index contributed by atoms with van der Waals surface area (Å²) in [4.78, 5) is 29.5. The minimum Gasteiger partial charge on any atom is -0.503 e.